The van der Waals surface area contributed by atoms with Gasteiger partial charge in [-0.3, -0.25) is 4.79 Å². The van der Waals surface area contributed by atoms with Gasteiger partial charge in [-0.15, -0.1) is 11.3 Å². The van der Waals surface area contributed by atoms with Crippen LogP contribution in [0.2, 0.25) is 0 Å². The second-order valence-corrected chi connectivity index (χ2v) is 6.09. The van der Waals surface area contributed by atoms with Gasteiger partial charge in [0.15, 0.2) is 0 Å². The lowest BCUT2D eigenvalue weighted by atomic mass is 10.1. The summed E-state index contributed by atoms with van der Waals surface area (Å²) in [4.78, 5) is 12.8. The molecule has 2 N–H and O–H groups in total. The van der Waals surface area contributed by atoms with Gasteiger partial charge in [0, 0.05) is 10.3 Å². The van der Waals surface area contributed by atoms with Crippen LogP contribution >= 0.6 is 22.7 Å². The van der Waals surface area contributed by atoms with Gasteiger partial charge in [-0.25, -0.2) is 0 Å². The van der Waals surface area contributed by atoms with Crippen molar-refractivity contribution in [3.05, 3.63) is 44.3 Å². The molecule has 2 rings (SSSR count). The number of nitrogens with one attached hydrogen (secondary N) is 1. The molecule has 3 nitrogen and oxygen atoms in total. The van der Waals surface area contributed by atoms with Crippen LogP contribution in [0.1, 0.15) is 27.7 Å². The highest BCUT2D eigenvalue weighted by Crippen LogP contribution is 2.24. The first-order valence-corrected chi connectivity index (χ1v) is 7.40. The van der Waals surface area contributed by atoms with E-state index >= 15 is 0 Å². The smallest absolute Gasteiger partial charge is 0.252 e. The van der Waals surface area contributed by atoms with Gasteiger partial charge in [-0.2, -0.15) is 11.3 Å². The second kappa shape index (κ2) is 5.22. The van der Waals surface area contributed by atoms with Crippen LogP contribution in [-0.2, 0) is 5.60 Å². The average molecular weight is 281 g/mol. The Kier molecular flexibility index (Phi) is 3.85. The van der Waals surface area contributed by atoms with Gasteiger partial charge in [-0.05, 0) is 36.2 Å². The molecule has 2 aromatic heterocycles. The Morgan fingerprint density at radius 3 is 2.83 bits per heavy atom. The van der Waals surface area contributed by atoms with E-state index in [1.165, 1.54) is 22.7 Å². The second-order valence-electron chi connectivity index (χ2n) is 4.40. The molecule has 2 heterocycles. The van der Waals surface area contributed by atoms with Gasteiger partial charge in [0.25, 0.3) is 5.91 Å². The molecule has 0 fully saturated rings. The lowest BCUT2D eigenvalue weighted by Crippen LogP contribution is -2.38. The number of carbonyl (C=O) groups excluding carboxylic acids is 1. The van der Waals surface area contributed by atoms with Crippen LogP contribution in [0.4, 0.5) is 0 Å². The third-order valence-electron chi connectivity index (χ3n) is 2.75. The molecule has 0 aliphatic carbocycles. The van der Waals surface area contributed by atoms with E-state index < -0.39 is 5.60 Å². The van der Waals surface area contributed by atoms with Crippen LogP contribution in [0.5, 0.6) is 0 Å². The monoisotopic (exact) mass is 281 g/mol. The molecule has 1 amide bonds. The van der Waals surface area contributed by atoms with Crippen LogP contribution in [0.25, 0.3) is 0 Å². The zero-order chi connectivity index (χ0) is 13.2. The van der Waals surface area contributed by atoms with Gasteiger partial charge in [0.2, 0.25) is 0 Å². The number of hydrogen-bond acceptors (Lipinski definition) is 4. The Bertz CT molecular complexity index is 529. The summed E-state index contributed by atoms with van der Waals surface area (Å²) in [7, 11) is 0. The Morgan fingerprint density at radius 2 is 2.28 bits per heavy atom. The van der Waals surface area contributed by atoms with E-state index in [1.807, 2.05) is 35.2 Å². The summed E-state index contributed by atoms with van der Waals surface area (Å²) >= 11 is 2.99. The van der Waals surface area contributed by atoms with E-state index in [0.29, 0.717) is 5.56 Å². The zero-order valence-corrected chi connectivity index (χ0v) is 11.9. The molecule has 0 bridgehead atoms. The minimum Gasteiger partial charge on any atom is -0.383 e. The molecule has 0 saturated carbocycles. The van der Waals surface area contributed by atoms with Crippen molar-refractivity contribution in [2.24, 2.45) is 0 Å². The summed E-state index contributed by atoms with van der Waals surface area (Å²) < 4.78 is 0. The first kappa shape index (κ1) is 13.3. The predicted octanol–water partition coefficient (Wildman–Crippen LogP) is 2.76. The topological polar surface area (TPSA) is 49.3 Å². The van der Waals surface area contributed by atoms with E-state index in [0.717, 1.165) is 10.4 Å². The molecule has 96 valence electrons. The molecular formula is C13H15NO2S2. The number of carbonyl (C=O) groups is 1. The van der Waals surface area contributed by atoms with Crippen LogP contribution in [-0.4, -0.2) is 17.6 Å². The molecule has 1 atom stereocenters. The predicted molar refractivity (Wildman–Crippen MR) is 75.3 cm³/mol. The molecule has 1 unspecified atom stereocenters. The van der Waals surface area contributed by atoms with Crippen molar-refractivity contribution in [3.8, 4) is 0 Å². The number of thiophene rings is 2. The first-order chi connectivity index (χ1) is 8.50. The molecule has 0 aliphatic rings. The molecule has 0 aliphatic heterocycles. The first-order valence-electron chi connectivity index (χ1n) is 5.58. The maximum atomic E-state index is 11.9. The molecule has 0 radical (unpaired) electrons. The minimum atomic E-state index is -1.02. The number of hydrogen-bond donors (Lipinski definition) is 2. The van der Waals surface area contributed by atoms with E-state index in [-0.39, 0.29) is 12.5 Å². The molecule has 0 aromatic carbocycles. The largest absolute Gasteiger partial charge is 0.383 e. The number of aliphatic hydroxyl groups is 1. The Labute approximate surface area is 114 Å². The third kappa shape index (κ3) is 2.80. The average Bonchev–Trinajstić information content (AvgIpc) is 2.96. The van der Waals surface area contributed by atoms with Crippen LogP contribution < -0.4 is 5.32 Å². The fourth-order valence-corrected chi connectivity index (χ4v) is 3.23. The highest BCUT2D eigenvalue weighted by molar-refractivity contribution is 7.10. The van der Waals surface area contributed by atoms with Crippen molar-refractivity contribution in [2.45, 2.75) is 19.4 Å². The standard InChI is InChI=1S/C13H15NO2S2/c1-9-6-17-7-10(9)12(15)14-8-13(2,16)11-4-3-5-18-11/h3-7,16H,8H2,1-2H3,(H,14,15). The zero-order valence-electron chi connectivity index (χ0n) is 10.3. The van der Waals surface area contributed by atoms with Gasteiger partial charge in [0.05, 0.1) is 12.1 Å². The van der Waals surface area contributed by atoms with Gasteiger partial charge in [0.1, 0.15) is 5.60 Å². The fourth-order valence-electron chi connectivity index (χ4n) is 1.61. The molecule has 0 spiro atoms. The summed E-state index contributed by atoms with van der Waals surface area (Å²) in [6.45, 7) is 3.82. The number of rotatable bonds is 4. The summed E-state index contributed by atoms with van der Waals surface area (Å²) in [6, 6.07) is 3.76. The fraction of sp³-hybridized carbons (Fsp3) is 0.308. The van der Waals surface area contributed by atoms with Gasteiger partial charge < -0.3 is 10.4 Å². The van der Waals surface area contributed by atoms with Crippen molar-refractivity contribution in [1.82, 2.24) is 5.32 Å². The van der Waals surface area contributed by atoms with E-state index in [9.17, 15) is 9.90 Å². The molecular weight excluding hydrogens is 266 g/mol. The summed E-state index contributed by atoms with van der Waals surface area (Å²) in [5.41, 5.74) is 0.628. The highest BCUT2D eigenvalue weighted by Gasteiger charge is 2.25. The molecule has 5 heteroatoms. The number of amides is 1. The lowest BCUT2D eigenvalue weighted by Gasteiger charge is -2.22. The van der Waals surface area contributed by atoms with Crippen LogP contribution in [0.15, 0.2) is 28.3 Å². The van der Waals surface area contributed by atoms with Crippen molar-refractivity contribution in [1.29, 1.82) is 0 Å². The van der Waals surface area contributed by atoms with Crippen LogP contribution in [0, 0.1) is 6.92 Å². The normalized spacial score (nSPS) is 14.2. The van der Waals surface area contributed by atoms with Crippen LogP contribution in [0.3, 0.4) is 0 Å². The Hall–Kier alpha value is -1.17. The van der Waals surface area contributed by atoms with E-state index in [1.54, 1.807) is 6.92 Å². The SMILES string of the molecule is Cc1cscc1C(=O)NCC(C)(O)c1cccs1. The van der Waals surface area contributed by atoms with Crippen molar-refractivity contribution in [2.75, 3.05) is 6.54 Å². The Morgan fingerprint density at radius 1 is 1.50 bits per heavy atom. The van der Waals surface area contributed by atoms with Crippen molar-refractivity contribution < 1.29 is 9.90 Å². The third-order valence-corrected chi connectivity index (χ3v) is 4.73. The van der Waals surface area contributed by atoms with E-state index in [4.69, 9.17) is 0 Å². The lowest BCUT2D eigenvalue weighted by molar-refractivity contribution is 0.0556. The molecule has 0 saturated heterocycles. The maximum absolute atomic E-state index is 11.9. The van der Waals surface area contributed by atoms with Crippen molar-refractivity contribution >= 4 is 28.6 Å². The molecule has 2 aromatic rings. The summed E-state index contributed by atoms with van der Waals surface area (Å²) in [5, 5.41) is 18.7. The van der Waals surface area contributed by atoms with Gasteiger partial charge >= 0.3 is 0 Å². The summed E-state index contributed by atoms with van der Waals surface area (Å²) in [6.07, 6.45) is 0. The minimum absolute atomic E-state index is 0.134. The highest BCUT2D eigenvalue weighted by atomic mass is 32.1. The van der Waals surface area contributed by atoms with Crippen molar-refractivity contribution in [3.63, 3.8) is 0 Å². The maximum Gasteiger partial charge on any atom is 0.252 e. The summed E-state index contributed by atoms with van der Waals surface area (Å²) in [5.74, 6) is -0.134. The quantitative estimate of drug-likeness (QED) is 0.905. The van der Waals surface area contributed by atoms with Gasteiger partial charge in [-0.1, -0.05) is 6.07 Å². The molecule has 18 heavy (non-hydrogen) atoms. The van der Waals surface area contributed by atoms with E-state index in [2.05, 4.69) is 5.32 Å². The number of aryl methyl sites for hydroxylation is 1. The Balaban J connectivity index is 2.00.